The number of benzene rings is 1. The van der Waals surface area contributed by atoms with E-state index in [1.807, 2.05) is 12.1 Å². The van der Waals surface area contributed by atoms with Crippen LogP contribution < -0.4 is 9.50 Å². The average molecular weight is 214 g/mol. The summed E-state index contributed by atoms with van der Waals surface area (Å²) in [7, 11) is -0.968. The Morgan fingerprint density at radius 2 is 2.15 bits per heavy atom. The quantitative estimate of drug-likeness (QED) is 0.710. The molecule has 0 bridgehead atoms. The van der Waals surface area contributed by atoms with Crippen molar-refractivity contribution in [1.29, 1.82) is 0 Å². The fraction of sp³-hybridized carbons (Fsp3) is 0. The third-order valence-corrected chi connectivity index (χ3v) is 2.74. The molecule has 0 saturated heterocycles. The van der Waals surface area contributed by atoms with E-state index in [9.17, 15) is 9.36 Å². The summed E-state index contributed by atoms with van der Waals surface area (Å²) in [4.78, 5) is 11.0. The smallest absolute Gasteiger partial charge is 0.253 e. The molecule has 2 aromatic rings. The van der Waals surface area contributed by atoms with Crippen molar-refractivity contribution < 1.29 is 9.19 Å². The van der Waals surface area contributed by atoms with Crippen molar-refractivity contribution >= 4 is 30.2 Å². The monoisotopic (exact) mass is 214 g/mol. The maximum Gasteiger partial charge on any atom is 0.567 e. The molecule has 0 aliphatic heterocycles. The van der Waals surface area contributed by atoms with Crippen molar-refractivity contribution in [3.63, 3.8) is 0 Å². The lowest BCUT2D eigenvalue weighted by Gasteiger charge is -1.89. The van der Waals surface area contributed by atoms with E-state index in [2.05, 4.69) is 4.62 Å². The molecule has 1 heterocycles. The Hall–Kier alpha value is -1.19. The van der Waals surface area contributed by atoms with E-state index >= 15 is 0 Å². The van der Waals surface area contributed by atoms with Crippen molar-refractivity contribution in [2.45, 2.75) is 0 Å². The molecular formula is C7H5NO3PS+. The first kappa shape index (κ1) is 8.41. The highest BCUT2D eigenvalue weighted by Crippen LogP contribution is 2.15. The predicted octanol–water partition coefficient (Wildman–Crippen LogP) is 1.43. The Bertz CT molecular complexity index is 504. The third kappa shape index (κ3) is 1.36. The largest absolute Gasteiger partial charge is 0.567 e. The minimum Gasteiger partial charge on any atom is -0.253 e. The van der Waals surface area contributed by atoms with Crippen LogP contribution in [0, 0.1) is 0 Å². The van der Waals surface area contributed by atoms with Crippen LogP contribution in [-0.4, -0.2) is 4.73 Å². The molecule has 0 fully saturated rings. The molecule has 66 valence electrons. The van der Waals surface area contributed by atoms with Gasteiger partial charge in [0.25, 0.3) is 0 Å². The van der Waals surface area contributed by atoms with Crippen LogP contribution in [0.5, 0.6) is 0 Å². The molecule has 1 aromatic carbocycles. The minimum absolute atomic E-state index is 0.260. The number of thiazole rings is 1. The van der Waals surface area contributed by atoms with E-state index < -0.39 is 8.69 Å². The zero-order valence-corrected chi connectivity index (χ0v) is 8.21. The third-order valence-electron chi connectivity index (χ3n) is 1.58. The summed E-state index contributed by atoms with van der Waals surface area (Å²) in [6.07, 6.45) is 0. The molecule has 1 atom stereocenters. The molecule has 0 radical (unpaired) electrons. The summed E-state index contributed by atoms with van der Waals surface area (Å²) in [5.41, 5.74) is 0.654. The highest BCUT2D eigenvalue weighted by molar-refractivity contribution is 7.18. The standard InChI is InChI=1S/C7H5NO3PS/c9-7-8(11-12-10)5-3-1-2-4-6(5)13-7/h1-4,12H/q+1. The molecule has 4 nitrogen and oxygen atoms in total. The normalized spacial score (nSPS) is 10.8. The zero-order chi connectivity index (χ0) is 9.26. The van der Waals surface area contributed by atoms with Crippen LogP contribution in [0.1, 0.15) is 0 Å². The molecular weight excluding hydrogens is 209 g/mol. The van der Waals surface area contributed by atoms with E-state index in [1.54, 1.807) is 12.1 Å². The molecule has 6 heteroatoms. The fourth-order valence-electron chi connectivity index (χ4n) is 1.07. The summed E-state index contributed by atoms with van der Waals surface area (Å²) in [5.74, 6) is 0. The van der Waals surface area contributed by atoms with Crippen LogP contribution in [0.4, 0.5) is 0 Å². The lowest BCUT2D eigenvalue weighted by atomic mass is 10.3. The highest BCUT2D eigenvalue weighted by Gasteiger charge is 2.09. The fourth-order valence-corrected chi connectivity index (χ4v) is 2.20. The zero-order valence-electron chi connectivity index (χ0n) is 6.39. The molecule has 0 N–H and O–H groups in total. The maximum absolute atomic E-state index is 11.3. The van der Waals surface area contributed by atoms with Gasteiger partial charge in [-0.3, -0.25) is 4.79 Å². The van der Waals surface area contributed by atoms with Crippen LogP contribution in [0.2, 0.25) is 0 Å². The number of fused-ring (bicyclic) bond motifs is 1. The van der Waals surface area contributed by atoms with Gasteiger partial charge in [0.15, 0.2) is 0 Å². The second-order valence-electron chi connectivity index (χ2n) is 2.30. The van der Waals surface area contributed by atoms with Crippen molar-refractivity contribution in [2.75, 3.05) is 0 Å². The molecule has 1 aromatic heterocycles. The van der Waals surface area contributed by atoms with Gasteiger partial charge in [0.05, 0.1) is 4.70 Å². The summed E-state index contributed by atoms with van der Waals surface area (Å²) in [5, 5.41) is 0. The lowest BCUT2D eigenvalue weighted by molar-refractivity contribution is 0.306. The van der Waals surface area contributed by atoms with Crippen molar-refractivity contribution in [1.82, 2.24) is 4.73 Å². The van der Waals surface area contributed by atoms with Crippen LogP contribution in [0.25, 0.3) is 10.2 Å². The number of nitrogens with zero attached hydrogens (tertiary/aromatic N) is 1. The Labute approximate surface area is 78.6 Å². The van der Waals surface area contributed by atoms with Crippen molar-refractivity contribution in [2.24, 2.45) is 0 Å². The van der Waals surface area contributed by atoms with Gasteiger partial charge in [0.2, 0.25) is 0 Å². The molecule has 0 amide bonds. The van der Waals surface area contributed by atoms with Crippen molar-refractivity contribution in [3.05, 3.63) is 33.9 Å². The SMILES string of the molecule is O=[PH+]On1c(=O)sc2ccccc21. The topological polar surface area (TPSA) is 48.3 Å². The van der Waals surface area contributed by atoms with Crippen LogP contribution in [0.15, 0.2) is 29.1 Å². The summed E-state index contributed by atoms with van der Waals surface area (Å²) in [6.45, 7) is 0. The molecule has 0 aliphatic carbocycles. The van der Waals surface area contributed by atoms with Gasteiger partial charge in [0.1, 0.15) is 5.52 Å². The molecule has 0 saturated carbocycles. The highest BCUT2D eigenvalue weighted by atomic mass is 32.1. The van der Waals surface area contributed by atoms with Gasteiger partial charge in [-0.15, -0.1) is 0 Å². The minimum atomic E-state index is -0.968. The number of rotatable bonds is 2. The van der Waals surface area contributed by atoms with Crippen LogP contribution in [-0.2, 0) is 4.57 Å². The maximum atomic E-state index is 11.3. The Kier molecular flexibility index (Phi) is 2.12. The Balaban J connectivity index is 2.78. The first-order chi connectivity index (χ1) is 6.33. The summed E-state index contributed by atoms with van der Waals surface area (Å²) in [6, 6.07) is 7.19. The van der Waals surface area contributed by atoms with Gasteiger partial charge >= 0.3 is 13.6 Å². The van der Waals surface area contributed by atoms with Gasteiger partial charge in [-0.05, 0) is 16.7 Å². The molecule has 0 spiro atoms. The number of hydrogen-bond donors (Lipinski definition) is 0. The lowest BCUT2D eigenvalue weighted by Crippen LogP contribution is -2.14. The first-order valence-corrected chi connectivity index (χ1v) is 5.11. The number of hydrogen-bond acceptors (Lipinski definition) is 4. The second-order valence-corrected chi connectivity index (χ2v) is 3.65. The Morgan fingerprint density at radius 3 is 2.92 bits per heavy atom. The van der Waals surface area contributed by atoms with Gasteiger partial charge < -0.3 is 0 Å². The second kappa shape index (κ2) is 3.28. The van der Waals surface area contributed by atoms with E-state index in [0.717, 1.165) is 20.8 Å². The predicted molar refractivity (Wildman–Crippen MR) is 51.7 cm³/mol. The Morgan fingerprint density at radius 1 is 1.38 bits per heavy atom. The van der Waals surface area contributed by atoms with E-state index in [4.69, 9.17) is 0 Å². The molecule has 13 heavy (non-hydrogen) atoms. The van der Waals surface area contributed by atoms with E-state index in [1.165, 1.54) is 0 Å². The number of para-hydroxylation sites is 1. The molecule has 0 aliphatic rings. The molecule has 1 unspecified atom stereocenters. The van der Waals surface area contributed by atoms with E-state index in [0.29, 0.717) is 5.52 Å². The first-order valence-electron chi connectivity index (χ1n) is 3.48. The average Bonchev–Trinajstić information content (AvgIpc) is 2.44. The van der Waals surface area contributed by atoms with Gasteiger partial charge in [-0.2, -0.15) is 4.62 Å². The van der Waals surface area contributed by atoms with Gasteiger partial charge in [0, 0.05) is 0 Å². The van der Waals surface area contributed by atoms with Gasteiger partial charge in [-0.1, -0.05) is 28.2 Å². The van der Waals surface area contributed by atoms with Crippen molar-refractivity contribution in [3.8, 4) is 0 Å². The van der Waals surface area contributed by atoms with Crippen LogP contribution >= 0.6 is 20.0 Å². The number of aromatic nitrogens is 1. The summed E-state index contributed by atoms with van der Waals surface area (Å²) >= 11 is 1.07. The van der Waals surface area contributed by atoms with E-state index in [-0.39, 0.29) is 4.87 Å². The molecule has 2 rings (SSSR count). The summed E-state index contributed by atoms with van der Waals surface area (Å²) < 4.78 is 16.8. The van der Waals surface area contributed by atoms with Gasteiger partial charge in [-0.25, -0.2) is 0 Å². The van der Waals surface area contributed by atoms with Crippen LogP contribution in [0.3, 0.4) is 0 Å².